The zero-order chi connectivity index (χ0) is 12.8. The molecule has 0 aromatic carbocycles. The third-order valence-electron chi connectivity index (χ3n) is 3.71. The SMILES string of the molecule is Cc1ccncc1C(CCC1CCCCO1)NN. The van der Waals surface area contributed by atoms with E-state index >= 15 is 0 Å². The highest BCUT2D eigenvalue weighted by Gasteiger charge is 2.18. The predicted octanol–water partition coefficient (Wildman–Crippen LogP) is 2.24. The van der Waals surface area contributed by atoms with Crippen LogP contribution in [0.5, 0.6) is 0 Å². The van der Waals surface area contributed by atoms with E-state index < -0.39 is 0 Å². The Balaban J connectivity index is 1.91. The normalized spacial score (nSPS) is 21.8. The number of hydrazine groups is 1. The lowest BCUT2D eigenvalue weighted by Crippen LogP contribution is -2.30. The van der Waals surface area contributed by atoms with Crippen LogP contribution in [0.25, 0.3) is 0 Å². The second-order valence-electron chi connectivity index (χ2n) is 5.02. The van der Waals surface area contributed by atoms with Crippen LogP contribution in [0.1, 0.15) is 49.3 Å². The second-order valence-corrected chi connectivity index (χ2v) is 5.02. The molecule has 1 aliphatic rings. The minimum Gasteiger partial charge on any atom is -0.378 e. The quantitative estimate of drug-likeness (QED) is 0.620. The minimum absolute atomic E-state index is 0.171. The number of rotatable bonds is 5. The first-order valence-corrected chi connectivity index (χ1v) is 6.79. The maximum absolute atomic E-state index is 5.75. The van der Waals surface area contributed by atoms with E-state index in [2.05, 4.69) is 17.3 Å². The van der Waals surface area contributed by atoms with E-state index in [1.54, 1.807) is 0 Å². The van der Waals surface area contributed by atoms with Gasteiger partial charge in [0.15, 0.2) is 0 Å². The van der Waals surface area contributed by atoms with Crippen LogP contribution in [0.3, 0.4) is 0 Å². The van der Waals surface area contributed by atoms with Crippen LogP contribution in [0, 0.1) is 6.92 Å². The summed E-state index contributed by atoms with van der Waals surface area (Å²) in [7, 11) is 0. The average molecular weight is 249 g/mol. The summed E-state index contributed by atoms with van der Waals surface area (Å²) in [6.45, 7) is 3.01. The second kappa shape index (κ2) is 6.83. The third kappa shape index (κ3) is 3.51. The van der Waals surface area contributed by atoms with E-state index in [1.165, 1.54) is 30.4 Å². The van der Waals surface area contributed by atoms with Crippen molar-refractivity contribution < 1.29 is 4.74 Å². The topological polar surface area (TPSA) is 60.2 Å². The summed E-state index contributed by atoms with van der Waals surface area (Å²) >= 11 is 0. The Morgan fingerprint density at radius 2 is 2.44 bits per heavy atom. The van der Waals surface area contributed by atoms with Gasteiger partial charge in [0.2, 0.25) is 0 Å². The summed E-state index contributed by atoms with van der Waals surface area (Å²) in [4.78, 5) is 4.18. The van der Waals surface area contributed by atoms with E-state index in [1.807, 2.05) is 18.5 Å². The molecule has 2 atom stereocenters. The molecule has 2 rings (SSSR count). The predicted molar refractivity (Wildman–Crippen MR) is 71.9 cm³/mol. The first-order valence-electron chi connectivity index (χ1n) is 6.79. The van der Waals surface area contributed by atoms with Gasteiger partial charge in [-0.1, -0.05) is 0 Å². The lowest BCUT2D eigenvalue weighted by Gasteiger charge is -2.25. The van der Waals surface area contributed by atoms with Gasteiger partial charge in [-0.15, -0.1) is 0 Å². The fourth-order valence-corrected chi connectivity index (χ4v) is 2.56. The number of ether oxygens (including phenoxy) is 1. The Labute approximate surface area is 109 Å². The molecule has 2 unspecified atom stereocenters. The zero-order valence-electron chi connectivity index (χ0n) is 11.1. The van der Waals surface area contributed by atoms with Gasteiger partial charge in [-0.2, -0.15) is 0 Å². The van der Waals surface area contributed by atoms with Crippen molar-refractivity contribution in [3.63, 3.8) is 0 Å². The highest BCUT2D eigenvalue weighted by Crippen LogP contribution is 2.24. The summed E-state index contributed by atoms with van der Waals surface area (Å²) in [5, 5.41) is 0. The highest BCUT2D eigenvalue weighted by molar-refractivity contribution is 5.24. The van der Waals surface area contributed by atoms with Crippen LogP contribution in [0.2, 0.25) is 0 Å². The van der Waals surface area contributed by atoms with Crippen LogP contribution in [0.4, 0.5) is 0 Å². The highest BCUT2D eigenvalue weighted by atomic mass is 16.5. The largest absolute Gasteiger partial charge is 0.378 e. The van der Waals surface area contributed by atoms with Crippen molar-refractivity contribution in [2.24, 2.45) is 5.84 Å². The number of nitrogens with one attached hydrogen (secondary N) is 1. The molecule has 1 aliphatic heterocycles. The molecule has 0 amide bonds. The Kier molecular flexibility index (Phi) is 5.11. The van der Waals surface area contributed by atoms with Crippen molar-refractivity contribution in [3.8, 4) is 0 Å². The fraction of sp³-hybridized carbons (Fsp3) is 0.643. The molecule has 3 N–H and O–H groups in total. The molecule has 0 saturated carbocycles. The molecular formula is C14H23N3O. The molecule has 2 heterocycles. The number of pyridine rings is 1. The van der Waals surface area contributed by atoms with Crippen LogP contribution in [-0.2, 0) is 4.74 Å². The molecule has 0 bridgehead atoms. The van der Waals surface area contributed by atoms with Gasteiger partial charge in [-0.25, -0.2) is 0 Å². The van der Waals surface area contributed by atoms with Crippen molar-refractivity contribution >= 4 is 0 Å². The molecule has 18 heavy (non-hydrogen) atoms. The maximum atomic E-state index is 5.75. The molecule has 1 fully saturated rings. The third-order valence-corrected chi connectivity index (χ3v) is 3.71. The van der Waals surface area contributed by atoms with Crippen LogP contribution in [-0.4, -0.2) is 17.7 Å². The number of nitrogens with two attached hydrogens (primary N) is 1. The first kappa shape index (κ1) is 13.5. The molecule has 1 aromatic rings. The van der Waals surface area contributed by atoms with Crippen LogP contribution >= 0.6 is 0 Å². The summed E-state index contributed by atoms with van der Waals surface area (Å²) < 4.78 is 5.75. The Bertz CT molecular complexity index is 364. The zero-order valence-corrected chi connectivity index (χ0v) is 11.1. The number of aromatic nitrogens is 1. The number of hydrogen-bond donors (Lipinski definition) is 2. The molecule has 4 nitrogen and oxygen atoms in total. The van der Waals surface area contributed by atoms with Gasteiger partial charge in [0, 0.05) is 25.0 Å². The molecular weight excluding hydrogens is 226 g/mol. The van der Waals surface area contributed by atoms with E-state index in [0.29, 0.717) is 6.10 Å². The van der Waals surface area contributed by atoms with Gasteiger partial charge in [0.05, 0.1) is 6.10 Å². The molecule has 1 aromatic heterocycles. The first-order chi connectivity index (χ1) is 8.81. The summed E-state index contributed by atoms with van der Waals surface area (Å²) in [5.74, 6) is 5.67. The van der Waals surface area contributed by atoms with Crippen LogP contribution in [0.15, 0.2) is 18.5 Å². The van der Waals surface area contributed by atoms with Crippen molar-refractivity contribution in [2.45, 2.75) is 51.2 Å². The standard InChI is InChI=1S/C14H23N3O/c1-11-7-8-16-10-13(11)14(17-15)6-5-12-4-2-3-9-18-12/h7-8,10,12,14,17H,2-6,9,15H2,1H3. The summed E-state index contributed by atoms with van der Waals surface area (Å²) in [6.07, 6.45) is 9.86. The number of nitrogens with zero attached hydrogens (tertiary/aromatic N) is 1. The molecule has 4 heteroatoms. The lowest BCUT2D eigenvalue weighted by atomic mass is 9.96. The van der Waals surface area contributed by atoms with Crippen molar-refractivity contribution in [3.05, 3.63) is 29.6 Å². The van der Waals surface area contributed by atoms with Gasteiger partial charge in [0.1, 0.15) is 0 Å². The van der Waals surface area contributed by atoms with E-state index in [9.17, 15) is 0 Å². The Morgan fingerprint density at radius 1 is 1.56 bits per heavy atom. The van der Waals surface area contributed by atoms with Crippen molar-refractivity contribution in [1.29, 1.82) is 0 Å². The van der Waals surface area contributed by atoms with Gasteiger partial charge >= 0.3 is 0 Å². The fourth-order valence-electron chi connectivity index (χ4n) is 2.56. The summed E-state index contributed by atoms with van der Waals surface area (Å²) in [6, 6.07) is 2.20. The smallest absolute Gasteiger partial charge is 0.0575 e. The number of aryl methyl sites for hydroxylation is 1. The van der Waals surface area contributed by atoms with Gasteiger partial charge in [-0.05, 0) is 56.2 Å². The van der Waals surface area contributed by atoms with Gasteiger partial charge < -0.3 is 4.74 Å². The number of hydrogen-bond acceptors (Lipinski definition) is 4. The van der Waals surface area contributed by atoms with E-state index in [4.69, 9.17) is 10.6 Å². The molecule has 1 saturated heterocycles. The Hall–Kier alpha value is -0.970. The van der Waals surface area contributed by atoms with Crippen molar-refractivity contribution in [2.75, 3.05) is 6.61 Å². The van der Waals surface area contributed by atoms with Crippen LogP contribution < -0.4 is 11.3 Å². The summed E-state index contributed by atoms with van der Waals surface area (Å²) in [5.41, 5.74) is 5.33. The average Bonchev–Trinajstić information content (AvgIpc) is 2.42. The monoisotopic (exact) mass is 249 g/mol. The molecule has 0 aliphatic carbocycles. The van der Waals surface area contributed by atoms with Crippen molar-refractivity contribution in [1.82, 2.24) is 10.4 Å². The maximum Gasteiger partial charge on any atom is 0.0575 e. The molecule has 0 spiro atoms. The Morgan fingerprint density at radius 3 is 3.11 bits per heavy atom. The van der Waals surface area contributed by atoms with Gasteiger partial charge in [-0.3, -0.25) is 16.3 Å². The van der Waals surface area contributed by atoms with E-state index in [-0.39, 0.29) is 6.04 Å². The lowest BCUT2D eigenvalue weighted by molar-refractivity contribution is 0.00853. The minimum atomic E-state index is 0.171. The van der Waals surface area contributed by atoms with Gasteiger partial charge in [0.25, 0.3) is 0 Å². The molecule has 100 valence electrons. The molecule has 0 radical (unpaired) electrons. The van der Waals surface area contributed by atoms with E-state index in [0.717, 1.165) is 19.4 Å².